The minimum atomic E-state index is -0.504. The third-order valence-electron chi connectivity index (χ3n) is 2.21. The SMILES string of the molecule is N/C=C/C=C/C=C/C=C/C=C/C=C/C=C/C=C/C=C/C=C/[N+](=O)[O-]. The zero-order chi connectivity index (χ0) is 17.7. The summed E-state index contributed by atoms with van der Waals surface area (Å²) in [6.45, 7) is 0. The van der Waals surface area contributed by atoms with E-state index in [2.05, 4.69) is 0 Å². The van der Waals surface area contributed by atoms with Gasteiger partial charge < -0.3 is 5.73 Å². The second kappa shape index (κ2) is 17.7. The predicted molar refractivity (Wildman–Crippen MR) is 103 cm³/mol. The van der Waals surface area contributed by atoms with Crippen molar-refractivity contribution in [2.75, 3.05) is 0 Å². The van der Waals surface area contributed by atoms with E-state index in [-0.39, 0.29) is 0 Å². The summed E-state index contributed by atoms with van der Waals surface area (Å²) in [4.78, 5) is 9.50. The molecule has 0 aromatic rings. The molecule has 0 saturated carbocycles. The lowest BCUT2D eigenvalue weighted by molar-refractivity contribution is -0.402. The highest BCUT2D eigenvalue weighted by molar-refractivity contribution is 5.22. The topological polar surface area (TPSA) is 69.2 Å². The average molecular weight is 322 g/mol. The average Bonchev–Trinajstić information content (AvgIpc) is 2.56. The molecule has 0 rings (SSSR count). The third kappa shape index (κ3) is 18.6. The zero-order valence-electron chi connectivity index (χ0n) is 13.4. The largest absolute Gasteiger partial charge is 0.405 e. The second-order valence-corrected chi connectivity index (χ2v) is 4.09. The zero-order valence-corrected chi connectivity index (χ0v) is 13.4. The lowest BCUT2D eigenvalue weighted by atomic mass is 10.3. The molecule has 0 aliphatic rings. The molecular weight excluding hydrogens is 300 g/mol. The number of hydrogen-bond donors (Lipinski definition) is 1. The first kappa shape index (κ1) is 20.6. The Kier molecular flexibility index (Phi) is 15.2. The van der Waals surface area contributed by atoms with Crippen molar-refractivity contribution in [3.63, 3.8) is 0 Å². The van der Waals surface area contributed by atoms with Gasteiger partial charge in [-0.05, 0) is 12.3 Å². The molecule has 4 heteroatoms. The number of allylic oxidation sites excluding steroid dienone is 18. The molecule has 0 saturated heterocycles. The van der Waals surface area contributed by atoms with Crippen molar-refractivity contribution in [1.29, 1.82) is 0 Å². The monoisotopic (exact) mass is 322 g/mol. The Hall–Kier alpha value is -3.40. The standard InChI is InChI=1S/C20H22N2O2/c21-19-17-15-13-11-9-7-5-3-1-2-4-6-8-10-12-14-16-18-20-22(23)24/h1-20H,21H2/b3-1+,4-2+,7-5+,8-6+,11-9+,12-10+,15-13+,16-14+,19-17+,20-18+. The van der Waals surface area contributed by atoms with Crippen molar-refractivity contribution in [1.82, 2.24) is 0 Å². The Morgan fingerprint density at radius 2 is 0.750 bits per heavy atom. The number of hydrogen-bond acceptors (Lipinski definition) is 3. The highest BCUT2D eigenvalue weighted by Gasteiger charge is 1.77. The first-order valence-electron chi connectivity index (χ1n) is 7.29. The van der Waals surface area contributed by atoms with Crippen LogP contribution >= 0.6 is 0 Å². The maximum atomic E-state index is 10.0. The molecule has 124 valence electrons. The summed E-state index contributed by atoms with van der Waals surface area (Å²) in [5.74, 6) is 0. The van der Waals surface area contributed by atoms with Gasteiger partial charge in [0.25, 0.3) is 0 Å². The van der Waals surface area contributed by atoms with E-state index in [1.807, 2.05) is 79.0 Å². The quantitative estimate of drug-likeness (QED) is 0.360. The molecule has 4 nitrogen and oxygen atoms in total. The van der Waals surface area contributed by atoms with E-state index in [9.17, 15) is 10.1 Å². The molecule has 0 amide bonds. The van der Waals surface area contributed by atoms with Gasteiger partial charge in [-0.2, -0.15) is 0 Å². The van der Waals surface area contributed by atoms with E-state index in [0.717, 1.165) is 6.20 Å². The Morgan fingerprint density at radius 1 is 0.500 bits per heavy atom. The lowest BCUT2D eigenvalue weighted by Gasteiger charge is -1.76. The molecule has 0 aliphatic carbocycles. The van der Waals surface area contributed by atoms with Gasteiger partial charge in [-0.3, -0.25) is 10.1 Å². The van der Waals surface area contributed by atoms with Gasteiger partial charge in [-0.15, -0.1) is 0 Å². The molecule has 0 unspecified atom stereocenters. The van der Waals surface area contributed by atoms with Crippen molar-refractivity contribution in [2.45, 2.75) is 0 Å². The summed E-state index contributed by atoms with van der Waals surface area (Å²) < 4.78 is 0. The van der Waals surface area contributed by atoms with E-state index in [0.29, 0.717) is 0 Å². The number of nitrogens with zero attached hydrogens (tertiary/aromatic N) is 1. The van der Waals surface area contributed by atoms with Gasteiger partial charge in [-0.25, -0.2) is 0 Å². The van der Waals surface area contributed by atoms with E-state index in [1.54, 1.807) is 24.3 Å². The minimum absolute atomic E-state index is 0.504. The second-order valence-electron chi connectivity index (χ2n) is 4.09. The molecule has 0 aliphatic heterocycles. The molecule has 0 spiro atoms. The highest BCUT2D eigenvalue weighted by atomic mass is 16.6. The summed E-state index contributed by atoms with van der Waals surface area (Å²) in [6.07, 6.45) is 35.3. The van der Waals surface area contributed by atoms with E-state index >= 15 is 0 Å². The Balaban J connectivity index is 3.93. The van der Waals surface area contributed by atoms with Crippen LogP contribution in [-0.4, -0.2) is 4.92 Å². The van der Waals surface area contributed by atoms with Gasteiger partial charge >= 0.3 is 0 Å². The first-order valence-corrected chi connectivity index (χ1v) is 7.29. The van der Waals surface area contributed by atoms with Crippen LogP contribution in [0.2, 0.25) is 0 Å². The fourth-order valence-corrected chi connectivity index (χ4v) is 1.21. The molecule has 0 radical (unpaired) electrons. The fourth-order valence-electron chi connectivity index (χ4n) is 1.21. The van der Waals surface area contributed by atoms with Crippen LogP contribution in [0.5, 0.6) is 0 Å². The van der Waals surface area contributed by atoms with Crippen LogP contribution in [0.3, 0.4) is 0 Å². The highest BCUT2D eigenvalue weighted by Crippen LogP contribution is 1.86. The summed E-state index contributed by atoms with van der Waals surface area (Å²) >= 11 is 0. The van der Waals surface area contributed by atoms with Gasteiger partial charge in [0.05, 0.1) is 4.92 Å². The molecule has 0 atom stereocenters. The van der Waals surface area contributed by atoms with Crippen molar-refractivity contribution in [3.05, 3.63) is 132 Å². The normalized spacial score (nSPS) is 14.3. The Bertz CT molecular complexity index is 626. The van der Waals surface area contributed by atoms with Gasteiger partial charge in [0.1, 0.15) is 0 Å². The van der Waals surface area contributed by atoms with Crippen LogP contribution in [0.25, 0.3) is 0 Å². The molecule has 0 heterocycles. The Labute approximate surface area is 143 Å². The van der Waals surface area contributed by atoms with Crippen LogP contribution in [0.15, 0.2) is 122 Å². The van der Waals surface area contributed by atoms with Gasteiger partial charge in [0.15, 0.2) is 0 Å². The van der Waals surface area contributed by atoms with Gasteiger partial charge in [0.2, 0.25) is 6.20 Å². The maximum Gasteiger partial charge on any atom is 0.234 e. The summed E-state index contributed by atoms with van der Waals surface area (Å²) in [5, 5.41) is 10.0. The Morgan fingerprint density at radius 3 is 1.00 bits per heavy atom. The van der Waals surface area contributed by atoms with Gasteiger partial charge in [-0.1, -0.05) is 97.2 Å². The molecule has 0 aromatic heterocycles. The smallest absolute Gasteiger partial charge is 0.234 e. The van der Waals surface area contributed by atoms with Crippen molar-refractivity contribution >= 4 is 0 Å². The summed E-state index contributed by atoms with van der Waals surface area (Å²) in [6, 6.07) is 0. The maximum absolute atomic E-state index is 10.0. The van der Waals surface area contributed by atoms with Crippen molar-refractivity contribution < 1.29 is 4.92 Å². The van der Waals surface area contributed by atoms with E-state index in [4.69, 9.17) is 5.73 Å². The summed E-state index contributed by atoms with van der Waals surface area (Å²) in [7, 11) is 0. The number of rotatable bonds is 10. The van der Waals surface area contributed by atoms with Crippen molar-refractivity contribution in [2.24, 2.45) is 5.73 Å². The number of nitrogens with two attached hydrogens (primary N) is 1. The molecule has 0 bridgehead atoms. The van der Waals surface area contributed by atoms with Crippen LogP contribution in [-0.2, 0) is 0 Å². The number of nitro groups is 1. The fraction of sp³-hybridized carbons (Fsp3) is 0. The van der Waals surface area contributed by atoms with Crippen LogP contribution in [0.4, 0.5) is 0 Å². The molecule has 24 heavy (non-hydrogen) atoms. The summed E-state index contributed by atoms with van der Waals surface area (Å²) in [5.41, 5.74) is 5.19. The predicted octanol–water partition coefficient (Wildman–Crippen LogP) is 4.70. The van der Waals surface area contributed by atoms with Gasteiger partial charge in [0, 0.05) is 6.08 Å². The van der Waals surface area contributed by atoms with Crippen LogP contribution in [0, 0.1) is 10.1 Å². The van der Waals surface area contributed by atoms with E-state index in [1.165, 1.54) is 12.3 Å². The third-order valence-corrected chi connectivity index (χ3v) is 2.21. The molecular formula is C20H22N2O2. The van der Waals surface area contributed by atoms with E-state index < -0.39 is 4.92 Å². The minimum Gasteiger partial charge on any atom is -0.405 e. The molecule has 0 fully saturated rings. The molecule has 2 N–H and O–H groups in total. The van der Waals surface area contributed by atoms with Crippen molar-refractivity contribution in [3.8, 4) is 0 Å². The molecule has 0 aromatic carbocycles. The lowest BCUT2D eigenvalue weighted by Crippen LogP contribution is -1.80. The van der Waals surface area contributed by atoms with Crippen LogP contribution < -0.4 is 5.73 Å². The first-order chi connectivity index (χ1) is 11.8. The van der Waals surface area contributed by atoms with Crippen LogP contribution in [0.1, 0.15) is 0 Å².